The molecule has 4 heteroatoms. The van der Waals surface area contributed by atoms with Crippen molar-refractivity contribution in [3.8, 4) is 0 Å². The molecule has 0 spiro atoms. The molecule has 1 saturated heterocycles. The van der Waals surface area contributed by atoms with Gasteiger partial charge in [0.25, 0.3) is 0 Å². The average Bonchev–Trinajstić information content (AvgIpc) is 2.13. The van der Waals surface area contributed by atoms with E-state index in [-0.39, 0.29) is 11.9 Å². The minimum atomic E-state index is -0.00278. The average molecular weight is 213 g/mol. The van der Waals surface area contributed by atoms with Crippen molar-refractivity contribution in [3.63, 3.8) is 0 Å². The molecule has 1 aliphatic rings. The number of nitrogens with zero attached hydrogens (tertiary/aromatic N) is 1. The predicted octanol–water partition coefficient (Wildman–Crippen LogP) is 0.195. The number of carbonyl (C=O) groups is 1. The normalized spacial score (nSPS) is 18.7. The van der Waals surface area contributed by atoms with Gasteiger partial charge in [0.05, 0.1) is 6.04 Å². The van der Waals surface area contributed by atoms with E-state index >= 15 is 0 Å². The molecule has 1 amide bonds. The van der Waals surface area contributed by atoms with Crippen LogP contribution in [0.25, 0.3) is 0 Å². The second-order valence-electron chi connectivity index (χ2n) is 4.12. The van der Waals surface area contributed by atoms with E-state index in [0.717, 1.165) is 26.1 Å². The Morgan fingerprint density at radius 2 is 2.20 bits per heavy atom. The Labute approximate surface area is 92.4 Å². The van der Waals surface area contributed by atoms with Gasteiger partial charge < -0.3 is 10.6 Å². The number of hydrogen-bond acceptors (Lipinski definition) is 3. The Morgan fingerprint density at radius 1 is 1.53 bits per heavy atom. The quantitative estimate of drug-likeness (QED) is 0.662. The molecule has 0 aromatic rings. The molecular formula is C11H23N3O. The van der Waals surface area contributed by atoms with Crippen LogP contribution in [0.1, 0.15) is 27.2 Å². The Kier molecular flexibility index (Phi) is 5.05. The van der Waals surface area contributed by atoms with Gasteiger partial charge in [0.15, 0.2) is 0 Å². The summed E-state index contributed by atoms with van der Waals surface area (Å²) in [6, 6.07) is 0.541. The zero-order valence-electron chi connectivity index (χ0n) is 10.0. The minimum Gasteiger partial charge on any atom is -0.355 e. The largest absolute Gasteiger partial charge is 0.355 e. The maximum atomic E-state index is 11.7. The molecule has 1 unspecified atom stereocenters. The number of nitrogens with one attached hydrogen (secondary N) is 2. The lowest BCUT2D eigenvalue weighted by Gasteiger charge is -2.41. The third-order valence-electron chi connectivity index (χ3n) is 2.94. The van der Waals surface area contributed by atoms with Crippen LogP contribution in [0, 0.1) is 0 Å². The number of likely N-dealkylation sites (N-methyl/N-ethyl adjacent to an activating group) is 1. The zero-order valence-corrected chi connectivity index (χ0v) is 10.0. The fourth-order valence-corrected chi connectivity index (χ4v) is 1.93. The summed E-state index contributed by atoms with van der Waals surface area (Å²) in [6.45, 7) is 9.87. The van der Waals surface area contributed by atoms with E-state index in [2.05, 4.69) is 22.5 Å². The molecule has 2 N–H and O–H groups in total. The summed E-state index contributed by atoms with van der Waals surface area (Å²) in [4.78, 5) is 14.0. The fourth-order valence-electron chi connectivity index (χ4n) is 1.93. The highest BCUT2D eigenvalue weighted by molar-refractivity contribution is 5.81. The van der Waals surface area contributed by atoms with E-state index in [1.807, 2.05) is 13.8 Å². The minimum absolute atomic E-state index is 0.00278. The molecule has 1 fully saturated rings. The van der Waals surface area contributed by atoms with Gasteiger partial charge in [0.2, 0.25) is 5.91 Å². The first-order chi connectivity index (χ1) is 7.20. The van der Waals surface area contributed by atoms with Crippen LogP contribution in [0.3, 0.4) is 0 Å². The molecule has 15 heavy (non-hydrogen) atoms. The lowest BCUT2D eigenvalue weighted by Crippen LogP contribution is -2.62. The van der Waals surface area contributed by atoms with E-state index < -0.39 is 0 Å². The van der Waals surface area contributed by atoms with Gasteiger partial charge in [-0.3, -0.25) is 9.69 Å². The van der Waals surface area contributed by atoms with Crippen LogP contribution in [-0.4, -0.2) is 49.1 Å². The topological polar surface area (TPSA) is 44.4 Å². The Balaban J connectivity index is 2.49. The maximum absolute atomic E-state index is 11.7. The van der Waals surface area contributed by atoms with Crippen molar-refractivity contribution >= 4 is 5.91 Å². The molecule has 1 heterocycles. The molecule has 1 rings (SSSR count). The predicted molar refractivity (Wildman–Crippen MR) is 61.8 cm³/mol. The second-order valence-corrected chi connectivity index (χ2v) is 4.12. The monoisotopic (exact) mass is 213 g/mol. The maximum Gasteiger partial charge on any atom is 0.237 e. The molecule has 0 saturated carbocycles. The smallest absolute Gasteiger partial charge is 0.237 e. The summed E-state index contributed by atoms with van der Waals surface area (Å²) in [6.07, 6.45) is 1.10. The molecule has 0 radical (unpaired) electrons. The van der Waals surface area contributed by atoms with Crippen LogP contribution in [0.15, 0.2) is 0 Å². The lowest BCUT2D eigenvalue weighted by molar-refractivity contribution is -0.127. The second kappa shape index (κ2) is 6.08. The standard InChI is InChI=1S/C11H23N3O/c1-4-6-14(10-7-12-8-10)9(3)11(15)13-5-2/h9-10,12H,4-8H2,1-3H3,(H,13,15). The molecule has 0 bridgehead atoms. The van der Waals surface area contributed by atoms with Gasteiger partial charge >= 0.3 is 0 Å². The highest BCUT2D eigenvalue weighted by Gasteiger charge is 2.30. The molecule has 4 nitrogen and oxygen atoms in total. The van der Waals surface area contributed by atoms with Crippen LogP contribution in [0.5, 0.6) is 0 Å². The van der Waals surface area contributed by atoms with Crippen LogP contribution in [0.2, 0.25) is 0 Å². The molecule has 1 aliphatic heterocycles. The van der Waals surface area contributed by atoms with E-state index in [1.165, 1.54) is 0 Å². The zero-order chi connectivity index (χ0) is 11.3. The summed E-state index contributed by atoms with van der Waals surface area (Å²) in [5.41, 5.74) is 0. The Hall–Kier alpha value is -0.610. The van der Waals surface area contributed by atoms with Crippen molar-refractivity contribution in [2.75, 3.05) is 26.2 Å². The third-order valence-corrected chi connectivity index (χ3v) is 2.94. The van der Waals surface area contributed by atoms with Gasteiger partial charge in [0.1, 0.15) is 0 Å². The van der Waals surface area contributed by atoms with E-state index in [0.29, 0.717) is 12.6 Å². The van der Waals surface area contributed by atoms with Gasteiger partial charge in [-0.15, -0.1) is 0 Å². The van der Waals surface area contributed by atoms with Crippen molar-refractivity contribution < 1.29 is 4.79 Å². The first-order valence-corrected chi connectivity index (χ1v) is 5.94. The van der Waals surface area contributed by atoms with Crippen molar-refractivity contribution in [2.24, 2.45) is 0 Å². The SMILES string of the molecule is CCCN(C1CNC1)C(C)C(=O)NCC. The number of carbonyl (C=O) groups excluding carboxylic acids is 1. The van der Waals surface area contributed by atoms with Gasteiger partial charge in [-0.25, -0.2) is 0 Å². The summed E-state index contributed by atoms with van der Waals surface area (Å²) >= 11 is 0. The Morgan fingerprint density at radius 3 is 2.60 bits per heavy atom. The summed E-state index contributed by atoms with van der Waals surface area (Å²) in [5.74, 6) is 0.151. The molecule has 1 atom stereocenters. The fraction of sp³-hybridized carbons (Fsp3) is 0.909. The Bertz CT molecular complexity index is 204. The summed E-state index contributed by atoms with van der Waals surface area (Å²) in [7, 11) is 0. The van der Waals surface area contributed by atoms with Crippen molar-refractivity contribution in [1.82, 2.24) is 15.5 Å². The third kappa shape index (κ3) is 3.18. The van der Waals surface area contributed by atoms with Gasteiger partial charge in [-0.05, 0) is 26.8 Å². The number of amides is 1. The van der Waals surface area contributed by atoms with E-state index in [1.54, 1.807) is 0 Å². The molecule has 0 aliphatic carbocycles. The first-order valence-electron chi connectivity index (χ1n) is 5.94. The molecular weight excluding hydrogens is 190 g/mol. The van der Waals surface area contributed by atoms with Crippen molar-refractivity contribution in [1.29, 1.82) is 0 Å². The van der Waals surface area contributed by atoms with Crippen LogP contribution in [0.4, 0.5) is 0 Å². The van der Waals surface area contributed by atoms with Gasteiger partial charge in [-0.1, -0.05) is 6.92 Å². The van der Waals surface area contributed by atoms with Gasteiger partial charge in [-0.2, -0.15) is 0 Å². The van der Waals surface area contributed by atoms with E-state index in [4.69, 9.17) is 0 Å². The van der Waals surface area contributed by atoms with Crippen LogP contribution >= 0.6 is 0 Å². The van der Waals surface area contributed by atoms with Crippen molar-refractivity contribution in [2.45, 2.75) is 39.3 Å². The van der Waals surface area contributed by atoms with E-state index in [9.17, 15) is 4.79 Å². The molecule has 0 aromatic carbocycles. The van der Waals surface area contributed by atoms with Crippen LogP contribution in [-0.2, 0) is 4.79 Å². The van der Waals surface area contributed by atoms with Crippen molar-refractivity contribution in [3.05, 3.63) is 0 Å². The van der Waals surface area contributed by atoms with Crippen LogP contribution < -0.4 is 10.6 Å². The first kappa shape index (κ1) is 12.5. The van der Waals surface area contributed by atoms with Gasteiger partial charge in [0, 0.05) is 25.7 Å². The summed E-state index contributed by atoms with van der Waals surface area (Å²) < 4.78 is 0. The number of hydrogen-bond donors (Lipinski definition) is 2. The highest BCUT2D eigenvalue weighted by atomic mass is 16.2. The number of rotatable bonds is 6. The highest BCUT2D eigenvalue weighted by Crippen LogP contribution is 2.10. The lowest BCUT2D eigenvalue weighted by atomic mass is 10.1. The molecule has 88 valence electrons. The molecule has 0 aromatic heterocycles. The summed E-state index contributed by atoms with van der Waals surface area (Å²) in [5, 5.41) is 6.14.